The third kappa shape index (κ3) is 6.83. The summed E-state index contributed by atoms with van der Waals surface area (Å²) in [6, 6.07) is 11.7. The molecule has 0 fully saturated rings. The van der Waals surface area contributed by atoms with Crippen LogP contribution in [0, 0.1) is 17.6 Å². The number of hydrogen-bond acceptors (Lipinski definition) is 5. The fraction of sp³-hybridized carbons (Fsp3) is 0.333. The molecule has 0 unspecified atom stereocenters. The Labute approximate surface area is 207 Å². The zero-order chi connectivity index (χ0) is 26.5. The molecule has 0 saturated heterocycles. The minimum atomic E-state index is -2.85. The lowest BCUT2D eigenvalue weighted by Crippen LogP contribution is -2.37. The van der Waals surface area contributed by atoms with Gasteiger partial charge in [0.05, 0.1) is 11.4 Å². The van der Waals surface area contributed by atoms with Gasteiger partial charge in [0.25, 0.3) is 5.79 Å². The highest BCUT2D eigenvalue weighted by molar-refractivity contribution is 6.13. The van der Waals surface area contributed by atoms with Gasteiger partial charge in [-0.25, -0.2) is 18.0 Å². The van der Waals surface area contributed by atoms with Crippen LogP contribution in [-0.4, -0.2) is 43.9 Å². The van der Waals surface area contributed by atoms with Crippen LogP contribution in [0.4, 0.5) is 13.2 Å². The topological polar surface area (TPSA) is 93.4 Å². The second-order valence-corrected chi connectivity index (χ2v) is 9.03. The van der Waals surface area contributed by atoms with Gasteiger partial charge in [0.1, 0.15) is 23.6 Å². The lowest BCUT2D eigenvalue weighted by Gasteiger charge is -2.36. The Hall–Kier alpha value is -3.43. The monoisotopic (exact) mass is 502 g/mol. The molecule has 9 heteroatoms. The van der Waals surface area contributed by atoms with Crippen LogP contribution in [-0.2, 0) is 4.79 Å². The number of unbranched alkanes of at least 4 members (excludes halogenated alkanes) is 1. The Morgan fingerprint density at radius 3 is 2.11 bits per heavy atom. The van der Waals surface area contributed by atoms with E-state index in [2.05, 4.69) is 0 Å². The summed E-state index contributed by atoms with van der Waals surface area (Å²) in [6.07, 6.45) is 2.33. The Morgan fingerprint density at radius 1 is 1.03 bits per heavy atom. The molecule has 0 aromatic heterocycles. The second kappa shape index (κ2) is 11.5. The largest absolute Gasteiger partial charge is 0.477 e. The van der Waals surface area contributed by atoms with Gasteiger partial charge in [-0.2, -0.15) is 0 Å². The van der Waals surface area contributed by atoms with Crippen molar-refractivity contribution in [1.29, 1.82) is 0 Å². The zero-order valence-electron chi connectivity index (χ0n) is 20.0. The molecule has 0 aliphatic carbocycles. The quantitative estimate of drug-likeness (QED) is 0.306. The first kappa shape index (κ1) is 27.2. The van der Waals surface area contributed by atoms with Crippen LogP contribution in [0.2, 0.25) is 0 Å². The lowest BCUT2D eigenvalue weighted by atomic mass is 9.99. The molecule has 2 aromatic carbocycles. The smallest absolute Gasteiger partial charge is 0.364 e. The average Bonchev–Trinajstić information content (AvgIpc) is 2.83. The number of aliphatic imine (C=N–C) groups is 1. The molecule has 3 N–H and O–H groups in total. The fourth-order valence-electron chi connectivity index (χ4n) is 3.82. The van der Waals surface area contributed by atoms with Crippen molar-refractivity contribution in [2.75, 3.05) is 0 Å². The number of hydrogen-bond donors (Lipinski definition) is 3. The molecule has 1 atom stereocenters. The van der Waals surface area contributed by atoms with Crippen molar-refractivity contribution in [2.24, 2.45) is 10.9 Å². The number of aliphatic carboxylic acids is 1. The number of carboxylic acids is 1. The molecule has 1 aliphatic heterocycles. The van der Waals surface area contributed by atoms with Crippen LogP contribution in [0.25, 0.3) is 5.70 Å². The predicted octanol–water partition coefficient (Wildman–Crippen LogP) is 5.23. The van der Waals surface area contributed by atoms with Crippen LogP contribution in [0.3, 0.4) is 0 Å². The molecule has 0 saturated carbocycles. The van der Waals surface area contributed by atoms with Gasteiger partial charge in [-0.05, 0) is 78.9 Å². The molecular formula is C27H29F3N2O4. The summed E-state index contributed by atoms with van der Waals surface area (Å²) in [6.45, 7) is 3.85. The van der Waals surface area contributed by atoms with Crippen LogP contribution in [0.5, 0.6) is 0 Å². The zero-order valence-corrected chi connectivity index (χ0v) is 20.0. The van der Waals surface area contributed by atoms with Crippen LogP contribution in [0.15, 0.2) is 71.6 Å². The van der Waals surface area contributed by atoms with E-state index in [4.69, 9.17) is 10.1 Å². The number of carbonyl (C=O) groups is 1. The normalized spacial score (nSPS) is 16.7. The second-order valence-electron chi connectivity index (χ2n) is 9.03. The van der Waals surface area contributed by atoms with Gasteiger partial charge >= 0.3 is 5.97 Å². The highest BCUT2D eigenvalue weighted by Crippen LogP contribution is 2.32. The number of carboxylic acid groups (broad SMARTS) is 1. The molecule has 2 aromatic rings. The molecular weight excluding hydrogens is 473 g/mol. The van der Waals surface area contributed by atoms with E-state index in [1.807, 2.05) is 13.8 Å². The summed E-state index contributed by atoms with van der Waals surface area (Å²) in [5.41, 5.74) is 2.47. The maximum Gasteiger partial charge on any atom is 0.364 e. The van der Waals surface area contributed by atoms with E-state index in [9.17, 15) is 23.8 Å². The van der Waals surface area contributed by atoms with Gasteiger partial charge in [-0.3, -0.25) is 4.99 Å². The number of aliphatic hydroxyl groups is 2. The van der Waals surface area contributed by atoms with Crippen LogP contribution in [0.1, 0.15) is 50.7 Å². The molecule has 36 heavy (non-hydrogen) atoms. The molecule has 6 nitrogen and oxygen atoms in total. The molecule has 0 spiro atoms. The van der Waals surface area contributed by atoms with Crippen molar-refractivity contribution < 1.29 is 33.3 Å². The Bertz CT molecular complexity index is 1160. The van der Waals surface area contributed by atoms with Crippen molar-refractivity contribution in [3.05, 3.63) is 89.4 Å². The maximum absolute atomic E-state index is 15.0. The molecule has 0 radical (unpaired) electrons. The fourth-order valence-corrected chi connectivity index (χ4v) is 3.82. The first-order chi connectivity index (χ1) is 17.0. The molecule has 0 amide bonds. The van der Waals surface area contributed by atoms with Crippen molar-refractivity contribution in [2.45, 2.75) is 51.5 Å². The van der Waals surface area contributed by atoms with Crippen LogP contribution >= 0.6 is 0 Å². The summed E-state index contributed by atoms with van der Waals surface area (Å²) < 4.78 is 42.1. The van der Waals surface area contributed by atoms with E-state index >= 15 is 4.39 Å². The van der Waals surface area contributed by atoms with Gasteiger partial charge in [0, 0.05) is 24.6 Å². The summed E-state index contributed by atoms with van der Waals surface area (Å²) in [5, 5.41) is 27.6. The van der Waals surface area contributed by atoms with Gasteiger partial charge in [-0.1, -0.05) is 13.8 Å². The maximum atomic E-state index is 15.0. The number of rotatable bonds is 10. The third-order valence-corrected chi connectivity index (χ3v) is 5.80. The average molecular weight is 503 g/mol. The first-order valence-corrected chi connectivity index (χ1v) is 11.6. The number of nitrogens with zero attached hydrogens (tertiary/aromatic N) is 2. The third-order valence-electron chi connectivity index (χ3n) is 5.80. The van der Waals surface area contributed by atoms with Gasteiger partial charge in [-0.15, -0.1) is 0 Å². The van der Waals surface area contributed by atoms with E-state index < -0.39 is 36.0 Å². The Morgan fingerprint density at radius 2 is 1.58 bits per heavy atom. The highest BCUT2D eigenvalue weighted by Gasteiger charge is 2.32. The van der Waals surface area contributed by atoms with E-state index in [1.165, 1.54) is 30.5 Å². The number of halogens is 3. The Kier molecular flexibility index (Phi) is 8.70. The molecule has 3 rings (SSSR count). The summed E-state index contributed by atoms with van der Waals surface area (Å²) in [7, 11) is 0. The van der Waals surface area contributed by atoms with Crippen LogP contribution < -0.4 is 0 Å². The van der Waals surface area contributed by atoms with Gasteiger partial charge in [0.2, 0.25) is 0 Å². The minimum Gasteiger partial charge on any atom is -0.477 e. The van der Waals surface area contributed by atoms with Gasteiger partial charge in [0.15, 0.2) is 0 Å². The van der Waals surface area contributed by atoms with Gasteiger partial charge < -0.3 is 20.2 Å². The lowest BCUT2D eigenvalue weighted by molar-refractivity contribution is -0.205. The molecule has 1 heterocycles. The van der Waals surface area contributed by atoms with Crippen molar-refractivity contribution in [1.82, 2.24) is 4.90 Å². The Balaban J connectivity index is 1.91. The first-order valence-electron chi connectivity index (χ1n) is 11.6. The van der Waals surface area contributed by atoms with E-state index in [0.717, 1.165) is 0 Å². The highest BCUT2D eigenvalue weighted by atomic mass is 19.1. The standard InChI is InChI=1S/C27H29F3N2O4/c1-17(2)25-31-23(18-6-10-20(28)11-7-18)15-24(19-8-12-21(29)13-9-19)32(25)16-22(30)5-3-4-14-27(35,36)26(33)34/h6-13,15-17,25,35-36H,3-5,14H2,1-2H3,(H,33,34)/t25-/m1/s1. The van der Waals surface area contributed by atoms with Crippen molar-refractivity contribution in [3.63, 3.8) is 0 Å². The summed E-state index contributed by atoms with van der Waals surface area (Å²) in [4.78, 5) is 17.2. The van der Waals surface area contributed by atoms with Crippen molar-refractivity contribution in [3.8, 4) is 0 Å². The molecule has 0 bridgehead atoms. The summed E-state index contributed by atoms with van der Waals surface area (Å²) in [5.74, 6) is -5.97. The summed E-state index contributed by atoms with van der Waals surface area (Å²) >= 11 is 0. The van der Waals surface area contributed by atoms with E-state index in [-0.39, 0.29) is 31.0 Å². The molecule has 192 valence electrons. The molecule has 1 aliphatic rings. The number of benzene rings is 2. The van der Waals surface area contributed by atoms with E-state index in [1.54, 1.807) is 35.2 Å². The predicted molar refractivity (Wildman–Crippen MR) is 130 cm³/mol. The SMILES string of the molecule is CC(C)[C@@H]1N=C(c2ccc(F)cc2)C=C(c2ccc(F)cc2)N1C=C(F)CCCCC(O)(O)C(=O)O. The minimum absolute atomic E-state index is 0.0533. The van der Waals surface area contributed by atoms with Crippen molar-refractivity contribution >= 4 is 17.4 Å². The van der Waals surface area contributed by atoms with E-state index in [0.29, 0.717) is 22.5 Å². The number of allylic oxidation sites excluding steroid dienone is 2.